The molecule has 0 unspecified atom stereocenters. The summed E-state index contributed by atoms with van der Waals surface area (Å²) in [6, 6.07) is 13.6. The molecule has 0 saturated heterocycles. The zero-order valence-electron chi connectivity index (χ0n) is 17.5. The number of hydrogen-bond acceptors (Lipinski definition) is 3. The minimum Gasteiger partial charge on any atom is -0.496 e. The van der Waals surface area contributed by atoms with Crippen molar-refractivity contribution in [3.05, 3.63) is 71.3 Å². The number of anilines is 1. The lowest BCUT2D eigenvalue weighted by atomic mass is 9.84. The van der Waals surface area contributed by atoms with Crippen molar-refractivity contribution in [2.24, 2.45) is 0 Å². The number of carboxylic acids is 1. The summed E-state index contributed by atoms with van der Waals surface area (Å²) < 4.78 is 5.13. The van der Waals surface area contributed by atoms with Crippen LogP contribution in [0, 0.1) is 13.8 Å². The van der Waals surface area contributed by atoms with E-state index < -0.39 is 5.97 Å². The Labute approximate surface area is 163 Å². The van der Waals surface area contributed by atoms with E-state index in [4.69, 9.17) is 15.6 Å². The van der Waals surface area contributed by atoms with E-state index in [0.29, 0.717) is 5.69 Å². The molecule has 0 saturated carbocycles. The highest BCUT2D eigenvalue weighted by Gasteiger charge is 2.17. The third-order valence-corrected chi connectivity index (χ3v) is 3.84. The van der Waals surface area contributed by atoms with Crippen LogP contribution in [0.4, 0.5) is 5.69 Å². The normalized spacial score (nSPS) is 10.3. The molecule has 0 atom stereocenters. The Kier molecular flexibility index (Phi) is 10.6. The second kappa shape index (κ2) is 11.8. The van der Waals surface area contributed by atoms with Gasteiger partial charge in [-0.1, -0.05) is 58.0 Å². The second-order valence-electron chi connectivity index (χ2n) is 6.49. The van der Waals surface area contributed by atoms with Gasteiger partial charge in [0.25, 0.3) is 0 Å². The topological polar surface area (TPSA) is 72.5 Å². The Morgan fingerprint density at radius 3 is 2.22 bits per heavy atom. The Bertz CT molecular complexity index is 749. The second-order valence-corrected chi connectivity index (χ2v) is 6.49. The van der Waals surface area contributed by atoms with Gasteiger partial charge in [-0.25, -0.2) is 4.79 Å². The highest BCUT2D eigenvalue weighted by atomic mass is 16.5. The van der Waals surface area contributed by atoms with Crippen LogP contribution in [0.1, 0.15) is 44.4 Å². The van der Waals surface area contributed by atoms with Gasteiger partial charge in [0.05, 0.1) is 7.11 Å². The molecular weight excluding hydrogens is 338 g/mol. The summed E-state index contributed by atoms with van der Waals surface area (Å²) >= 11 is 0. The quantitative estimate of drug-likeness (QED) is 0.548. The molecule has 2 aromatic carbocycles. The molecule has 0 heterocycles. The molecule has 0 aliphatic carbocycles. The molecule has 0 aliphatic rings. The maximum atomic E-state index is 10.4. The highest BCUT2D eigenvalue weighted by Crippen LogP contribution is 2.26. The smallest absolute Gasteiger partial charge is 0.328 e. The molecule has 148 valence electrons. The lowest BCUT2D eigenvalue weighted by molar-refractivity contribution is -0.131. The van der Waals surface area contributed by atoms with Gasteiger partial charge in [-0.3, -0.25) is 0 Å². The van der Waals surface area contributed by atoms with Crippen molar-refractivity contribution in [3.8, 4) is 5.75 Å². The van der Waals surface area contributed by atoms with Gasteiger partial charge in [-0.2, -0.15) is 0 Å². The van der Waals surface area contributed by atoms with Crippen LogP contribution in [0.25, 0.3) is 0 Å². The van der Waals surface area contributed by atoms with Gasteiger partial charge in [0.2, 0.25) is 0 Å². The minimum atomic E-state index is -0.938. The van der Waals surface area contributed by atoms with E-state index >= 15 is 0 Å². The molecule has 0 aliphatic heterocycles. The largest absolute Gasteiger partial charge is 0.496 e. The standard InChI is InChI=1S/C12H15NO2.C9H12O.C2H6/c1-12(2,7-6-11(14)15)9-4-3-5-10(13)8-9;1-7-4-5-8(2)9(6-7)10-3;1-2/h3-8H,13H2,1-2H3,(H,14,15);4-6H,1-3H3;1-2H3. The fourth-order valence-corrected chi connectivity index (χ4v) is 2.24. The molecule has 0 spiro atoms. The van der Waals surface area contributed by atoms with Gasteiger partial charge in [-0.15, -0.1) is 0 Å². The van der Waals surface area contributed by atoms with Crippen molar-refractivity contribution in [1.82, 2.24) is 0 Å². The fraction of sp³-hybridized carbons (Fsp3) is 0.348. The summed E-state index contributed by atoms with van der Waals surface area (Å²) in [6.07, 6.45) is 2.81. The number of aliphatic carboxylic acids is 1. The molecule has 0 radical (unpaired) electrons. The number of carboxylic acid groups (broad SMARTS) is 1. The van der Waals surface area contributed by atoms with E-state index in [-0.39, 0.29) is 5.41 Å². The molecule has 0 amide bonds. The van der Waals surface area contributed by atoms with Crippen LogP contribution in [0.5, 0.6) is 5.75 Å². The molecule has 3 N–H and O–H groups in total. The highest BCUT2D eigenvalue weighted by molar-refractivity contribution is 5.80. The van der Waals surface area contributed by atoms with Gasteiger partial charge in [-0.05, 0) is 48.7 Å². The van der Waals surface area contributed by atoms with E-state index in [2.05, 4.69) is 19.1 Å². The number of nitrogens with two attached hydrogens (primary N) is 1. The number of carbonyl (C=O) groups is 1. The lowest BCUT2D eigenvalue weighted by Gasteiger charge is -2.20. The minimum absolute atomic E-state index is 0.326. The number of rotatable bonds is 4. The summed E-state index contributed by atoms with van der Waals surface area (Å²) in [4.78, 5) is 10.4. The summed E-state index contributed by atoms with van der Waals surface area (Å²) in [6.45, 7) is 12.0. The van der Waals surface area contributed by atoms with E-state index in [1.54, 1.807) is 19.3 Å². The molecule has 0 bridgehead atoms. The lowest BCUT2D eigenvalue weighted by Crippen LogP contribution is -2.14. The van der Waals surface area contributed by atoms with Gasteiger partial charge in [0, 0.05) is 17.2 Å². The summed E-state index contributed by atoms with van der Waals surface area (Å²) in [7, 11) is 1.70. The van der Waals surface area contributed by atoms with Gasteiger partial charge in [0.1, 0.15) is 5.75 Å². The number of methoxy groups -OCH3 is 1. The summed E-state index contributed by atoms with van der Waals surface area (Å²) in [5, 5.41) is 8.57. The van der Waals surface area contributed by atoms with Crippen molar-refractivity contribution >= 4 is 11.7 Å². The van der Waals surface area contributed by atoms with Gasteiger partial charge < -0.3 is 15.6 Å². The maximum Gasteiger partial charge on any atom is 0.328 e. The third kappa shape index (κ3) is 8.95. The third-order valence-electron chi connectivity index (χ3n) is 3.84. The first kappa shape index (κ1) is 24.2. The Balaban J connectivity index is 0.000000488. The molecule has 2 rings (SSSR count). The van der Waals surface area contributed by atoms with Gasteiger partial charge >= 0.3 is 5.97 Å². The molecule has 27 heavy (non-hydrogen) atoms. The SMILES string of the molecule is CC.CC(C)(C=CC(=O)O)c1cccc(N)c1.COc1cc(C)ccc1C. The Hall–Kier alpha value is -2.75. The van der Waals surface area contributed by atoms with Crippen LogP contribution < -0.4 is 10.5 Å². The first-order valence-electron chi connectivity index (χ1n) is 9.05. The average molecular weight is 372 g/mol. The van der Waals surface area contributed by atoms with Crippen LogP contribution in [0.2, 0.25) is 0 Å². The molecule has 2 aromatic rings. The summed E-state index contributed by atoms with van der Waals surface area (Å²) in [5.41, 5.74) is 9.46. The van der Waals surface area contributed by atoms with Crippen LogP contribution in [0.3, 0.4) is 0 Å². The zero-order valence-corrected chi connectivity index (χ0v) is 17.5. The zero-order chi connectivity index (χ0) is 21.0. The monoisotopic (exact) mass is 371 g/mol. The Morgan fingerprint density at radius 2 is 1.74 bits per heavy atom. The fourth-order valence-electron chi connectivity index (χ4n) is 2.24. The van der Waals surface area contributed by atoms with Crippen molar-refractivity contribution in [2.75, 3.05) is 12.8 Å². The summed E-state index contributed by atoms with van der Waals surface area (Å²) in [5.74, 6) is 0.0342. The maximum absolute atomic E-state index is 10.4. The Morgan fingerprint density at radius 1 is 1.11 bits per heavy atom. The molecule has 4 nitrogen and oxygen atoms in total. The molecular formula is C23H33NO3. The van der Waals surface area contributed by atoms with E-state index in [9.17, 15) is 4.79 Å². The van der Waals surface area contributed by atoms with Crippen LogP contribution >= 0.6 is 0 Å². The molecule has 0 fully saturated rings. The average Bonchev–Trinajstić information content (AvgIpc) is 2.64. The molecule has 4 heteroatoms. The van der Waals surface area contributed by atoms with Gasteiger partial charge in [0.15, 0.2) is 0 Å². The van der Waals surface area contributed by atoms with E-state index in [1.807, 2.05) is 58.9 Å². The van der Waals surface area contributed by atoms with Crippen molar-refractivity contribution in [3.63, 3.8) is 0 Å². The predicted octanol–water partition coefficient (Wildman–Crippen LogP) is 5.53. The van der Waals surface area contributed by atoms with Crippen molar-refractivity contribution in [1.29, 1.82) is 0 Å². The number of ether oxygens (including phenoxy) is 1. The van der Waals surface area contributed by atoms with Crippen molar-refractivity contribution < 1.29 is 14.6 Å². The number of hydrogen-bond donors (Lipinski definition) is 2. The molecule has 0 aromatic heterocycles. The van der Waals surface area contributed by atoms with Crippen LogP contribution in [-0.4, -0.2) is 18.2 Å². The van der Waals surface area contributed by atoms with Crippen LogP contribution in [-0.2, 0) is 10.2 Å². The van der Waals surface area contributed by atoms with Crippen LogP contribution in [0.15, 0.2) is 54.6 Å². The number of benzene rings is 2. The first-order valence-corrected chi connectivity index (χ1v) is 9.05. The predicted molar refractivity (Wildman–Crippen MR) is 114 cm³/mol. The number of nitrogen functional groups attached to an aromatic ring is 1. The number of allylic oxidation sites excluding steroid dienone is 1. The first-order chi connectivity index (χ1) is 12.7. The number of aryl methyl sites for hydroxylation is 2. The van der Waals surface area contributed by atoms with E-state index in [1.165, 1.54) is 11.1 Å². The van der Waals surface area contributed by atoms with E-state index in [0.717, 1.165) is 17.4 Å². The van der Waals surface area contributed by atoms with Crippen molar-refractivity contribution in [2.45, 2.75) is 47.0 Å².